The third-order valence-corrected chi connectivity index (χ3v) is 4.09. The van der Waals surface area contributed by atoms with Gasteiger partial charge in [0.1, 0.15) is 0 Å². The van der Waals surface area contributed by atoms with Gasteiger partial charge in [0.15, 0.2) is 5.69 Å². The summed E-state index contributed by atoms with van der Waals surface area (Å²) in [6.07, 6.45) is 0. The van der Waals surface area contributed by atoms with Crippen molar-refractivity contribution < 1.29 is 5.11 Å². The monoisotopic (exact) mass is 333 g/mol. The minimum absolute atomic E-state index is 0.134. The first-order valence-electron chi connectivity index (χ1n) is 8.30. The molecule has 0 fully saturated rings. The molecule has 0 atom stereocenters. The van der Waals surface area contributed by atoms with E-state index in [-0.39, 0.29) is 5.88 Å². The van der Waals surface area contributed by atoms with E-state index in [0.717, 1.165) is 21.9 Å². The summed E-state index contributed by atoms with van der Waals surface area (Å²) in [5, 5.41) is 20.0. The van der Waals surface area contributed by atoms with Crippen LogP contribution in [0.15, 0.2) is 58.8 Å². The van der Waals surface area contributed by atoms with Crippen LogP contribution in [0.1, 0.15) is 13.8 Å². The molecule has 0 spiro atoms. The number of benzene rings is 2. The topological polar surface area (TPSA) is 78.6 Å². The van der Waals surface area contributed by atoms with Crippen LogP contribution >= 0.6 is 0 Å². The largest absolute Gasteiger partial charge is 0.493 e. The number of nitrogens with zero attached hydrogens (tertiary/aromatic N) is 4. The van der Waals surface area contributed by atoms with Crippen molar-refractivity contribution in [1.82, 2.24) is 14.5 Å². The summed E-state index contributed by atoms with van der Waals surface area (Å²) in [5.74, 6) is 0.956. The molecule has 2 N–H and O–H groups in total. The fourth-order valence-corrected chi connectivity index (χ4v) is 3.00. The first-order chi connectivity index (χ1) is 12.1. The minimum atomic E-state index is 0.134. The summed E-state index contributed by atoms with van der Waals surface area (Å²) in [7, 11) is 0. The second kappa shape index (κ2) is 6.05. The lowest BCUT2D eigenvalue weighted by Crippen LogP contribution is -2.03. The Morgan fingerprint density at radius 3 is 2.64 bits per heavy atom. The van der Waals surface area contributed by atoms with Crippen molar-refractivity contribution in [2.75, 3.05) is 0 Å². The predicted molar refractivity (Wildman–Crippen MR) is 98.7 cm³/mol. The van der Waals surface area contributed by atoms with E-state index in [0.29, 0.717) is 24.1 Å². The van der Waals surface area contributed by atoms with Crippen molar-refractivity contribution in [2.24, 2.45) is 16.1 Å². The number of hydrogen-bond acceptors (Lipinski definition) is 4. The fourth-order valence-electron chi connectivity index (χ4n) is 3.00. The summed E-state index contributed by atoms with van der Waals surface area (Å²) in [6, 6.07) is 15.5. The van der Waals surface area contributed by atoms with Crippen molar-refractivity contribution in [3.05, 3.63) is 48.5 Å². The van der Waals surface area contributed by atoms with Crippen molar-refractivity contribution in [1.29, 1.82) is 0 Å². The average Bonchev–Trinajstić information content (AvgIpc) is 3.13. The Hall–Kier alpha value is -3.15. The number of aromatic hydroxyl groups is 1. The second-order valence-corrected chi connectivity index (χ2v) is 6.47. The number of aromatic nitrogens is 3. The van der Waals surface area contributed by atoms with Gasteiger partial charge in [0.05, 0.1) is 16.6 Å². The van der Waals surface area contributed by atoms with Gasteiger partial charge < -0.3 is 14.7 Å². The lowest BCUT2D eigenvalue weighted by Gasteiger charge is -2.09. The molecule has 4 aromatic rings. The van der Waals surface area contributed by atoms with E-state index < -0.39 is 0 Å². The molecule has 0 saturated heterocycles. The van der Waals surface area contributed by atoms with Gasteiger partial charge >= 0.3 is 0 Å². The number of para-hydroxylation sites is 3. The number of nitrogens with one attached hydrogen (secondary N) is 1. The highest BCUT2D eigenvalue weighted by Crippen LogP contribution is 2.39. The number of azo groups is 1. The van der Waals surface area contributed by atoms with Crippen molar-refractivity contribution >= 4 is 33.6 Å². The predicted octanol–water partition coefficient (Wildman–Crippen LogP) is 5.29. The van der Waals surface area contributed by atoms with Gasteiger partial charge in [0.25, 0.3) is 0 Å². The Bertz CT molecular complexity index is 1040. The average molecular weight is 333 g/mol. The van der Waals surface area contributed by atoms with E-state index in [1.54, 1.807) is 0 Å². The quantitative estimate of drug-likeness (QED) is 0.497. The summed E-state index contributed by atoms with van der Waals surface area (Å²) < 4.78 is 1.88. The summed E-state index contributed by atoms with van der Waals surface area (Å²) in [5.41, 5.74) is 3.16. The Kier molecular flexibility index (Phi) is 3.72. The molecule has 0 aliphatic rings. The molecule has 0 aliphatic heterocycles. The molecule has 25 heavy (non-hydrogen) atoms. The van der Waals surface area contributed by atoms with Crippen LogP contribution < -0.4 is 0 Å². The lowest BCUT2D eigenvalue weighted by atomic mass is 10.2. The molecule has 0 aliphatic carbocycles. The van der Waals surface area contributed by atoms with Gasteiger partial charge in [-0.2, -0.15) is 0 Å². The molecule has 0 unspecified atom stereocenters. The van der Waals surface area contributed by atoms with Gasteiger partial charge in [-0.25, -0.2) is 4.98 Å². The number of H-pyrrole nitrogens is 1. The standard InChI is InChI=1S/C19H19N5O/c1-12(2)11-24-16-10-6-3-7-13(16)17(18(24)25)22-23-19-20-14-8-4-5-9-15(14)21-19/h3-10,12,25H,11H2,1-2H3,(H,20,21). The van der Waals surface area contributed by atoms with Crippen LogP contribution in [0.4, 0.5) is 11.6 Å². The van der Waals surface area contributed by atoms with Crippen LogP contribution in [0.5, 0.6) is 5.88 Å². The smallest absolute Gasteiger partial charge is 0.247 e. The zero-order valence-electron chi connectivity index (χ0n) is 14.1. The molecule has 6 heteroatoms. The lowest BCUT2D eigenvalue weighted by molar-refractivity contribution is 0.401. The van der Waals surface area contributed by atoms with Crippen LogP contribution in [-0.2, 0) is 6.54 Å². The van der Waals surface area contributed by atoms with Crippen molar-refractivity contribution in [2.45, 2.75) is 20.4 Å². The summed E-state index contributed by atoms with van der Waals surface area (Å²) in [4.78, 5) is 7.50. The van der Waals surface area contributed by atoms with Crippen LogP contribution in [-0.4, -0.2) is 19.6 Å². The Morgan fingerprint density at radius 2 is 1.84 bits per heavy atom. The van der Waals surface area contributed by atoms with Crippen molar-refractivity contribution in [3.63, 3.8) is 0 Å². The highest BCUT2D eigenvalue weighted by atomic mass is 16.3. The number of fused-ring (bicyclic) bond motifs is 2. The zero-order valence-corrected chi connectivity index (χ0v) is 14.1. The Labute approximate surface area is 144 Å². The van der Waals surface area contributed by atoms with E-state index in [1.807, 2.05) is 53.1 Å². The molecule has 0 amide bonds. The molecular weight excluding hydrogens is 314 g/mol. The first kappa shape index (κ1) is 15.4. The van der Waals surface area contributed by atoms with Gasteiger partial charge in [-0.1, -0.05) is 44.2 Å². The van der Waals surface area contributed by atoms with E-state index in [2.05, 4.69) is 34.0 Å². The van der Waals surface area contributed by atoms with E-state index in [1.165, 1.54) is 0 Å². The number of hydrogen-bond donors (Lipinski definition) is 2. The van der Waals surface area contributed by atoms with Gasteiger partial charge in [-0.3, -0.25) is 0 Å². The van der Waals surface area contributed by atoms with Gasteiger partial charge in [0, 0.05) is 11.9 Å². The highest BCUT2D eigenvalue weighted by molar-refractivity contribution is 5.95. The van der Waals surface area contributed by atoms with Crippen molar-refractivity contribution in [3.8, 4) is 5.88 Å². The third kappa shape index (κ3) is 2.76. The fraction of sp³-hybridized carbons (Fsp3) is 0.211. The molecule has 2 aromatic carbocycles. The molecular formula is C19H19N5O. The third-order valence-electron chi connectivity index (χ3n) is 4.09. The number of aromatic amines is 1. The Balaban J connectivity index is 1.79. The molecule has 0 radical (unpaired) electrons. The maximum absolute atomic E-state index is 10.7. The molecule has 6 nitrogen and oxygen atoms in total. The zero-order chi connectivity index (χ0) is 17.4. The first-order valence-corrected chi connectivity index (χ1v) is 8.30. The number of rotatable bonds is 4. The molecule has 0 saturated carbocycles. The van der Waals surface area contributed by atoms with Gasteiger partial charge in [0.2, 0.25) is 11.8 Å². The summed E-state index contributed by atoms with van der Waals surface area (Å²) in [6.45, 7) is 4.94. The maximum atomic E-state index is 10.7. The normalized spacial score (nSPS) is 12.1. The van der Waals surface area contributed by atoms with Crippen LogP contribution in [0.3, 0.4) is 0 Å². The molecule has 2 aromatic heterocycles. The van der Waals surface area contributed by atoms with Crippen LogP contribution in [0.2, 0.25) is 0 Å². The number of imidazole rings is 1. The minimum Gasteiger partial charge on any atom is -0.493 e. The highest BCUT2D eigenvalue weighted by Gasteiger charge is 2.17. The van der Waals surface area contributed by atoms with Gasteiger partial charge in [-0.15, -0.1) is 10.2 Å². The molecule has 4 rings (SSSR count). The SMILES string of the molecule is CC(C)Cn1c(O)c(N=Nc2nc3ccccc3[nH]2)c2ccccc21. The second-order valence-electron chi connectivity index (χ2n) is 6.47. The maximum Gasteiger partial charge on any atom is 0.247 e. The van der Waals surface area contributed by atoms with E-state index >= 15 is 0 Å². The van der Waals surface area contributed by atoms with Crippen LogP contribution in [0.25, 0.3) is 21.9 Å². The van der Waals surface area contributed by atoms with E-state index in [4.69, 9.17) is 0 Å². The molecule has 126 valence electrons. The van der Waals surface area contributed by atoms with E-state index in [9.17, 15) is 5.11 Å². The van der Waals surface area contributed by atoms with Gasteiger partial charge in [-0.05, 0) is 24.1 Å². The van der Waals surface area contributed by atoms with Crippen LogP contribution in [0, 0.1) is 5.92 Å². The molecule has 2 heterocycles. The summed E-state index contributed by atoms with van der Waals surface area (Å²) >= 11 is 0. The Morgan fingerprint density at radius 1 is 1.08 bits per heavy atom. The molecule has 0 bridgehead atoms.